The SMILES string of the molecule is Fc1cccc(C(CNCc2c(F)cccc2F)N2CCOCC2)c1. The van der Waals surface area contributed by atoms with Crippen molar-refractivity contribution in [2.24, 2.45) is 0 Å². The summed E-state index contributed by atoms with van der Waals surface area (Å²) >= 11 is 0. The molecule has 0 aromatic heterocycles. The molecule has 0 amide bonds. The zero-order chi connectivity index (χ0) is 17.6. The standard InChI is InChI=1S/C19H21F3N2O/c20-15-4-1-3-14(11-15)19(24-7-9-25-10-8-24)13-23-12-16-17(21)5-2-6-18(16)22/h1-6,11,19,23H,7-10,12-13H2. The Morgan fingerprint density at radius 1 is 1.00 bits per heavy atom. The molecule has 3 rings (SSSR count). The van der Waals surface area contributed by atoms with Gasteiger partial charge in [-0.25, -0.2) is 13.2 Å². The molecule has 25 heavy (non-hydrogen) atoms. The van der Waals surface area contributed by atoms with Crippen molar-refractivity contribution >= 4 is 0 Å². The fourth-order valence-corrected chi connectivity index (χ4v) is 3.10. The van der Waals surface area contributed by atoms with Gasteiger partial charge < -0.3 is 10.1 Å². The molecule has 1 aliphatic heterocycles. The van der Waals surface area contributed by atoms with Crippen molar-refractivity contribution in [2.75, 3.05) is 32.8 Å². The summed E-state index contributed by atoms with van der Waals surface area (Å²) in [6, 6.07) is 10.2. The minimum absolute atomic E-state index is 0.0162. The van der Waals surface area contributed by atoms with Crippen LogP contribution in [0.2, 0.25) is 0 Å². The first-order chi connectivity index (χ1) is 12.1. The molecule has 2 aromatic rings. The fourth-order valence-electron chi connectivity index (χ4n) is 3.10. The fraction of sp³-hybridized carbons (Fsp3) is 0.368. The zero-order valence-corrected chi connectivity index (χ0v) is 13.9. The van der Waals surface area contributed by atoms with E-state index in [1.807, 2.05) is 6.07 Å². The van der Waals surface area contributed by atoms with Crippen LogP contribution in [0.3, 0.4) is 0 Å². The number of nitrogens with one attached hydrogen (secondary N) is 1. The lowest BCUT2D eigenvalue weighted by Crippen LogP contribution is -2.42. The highest BCUT2D eigenvalue weighted by Gasteiger charge is 2.23. The Hall–Kier alpha value is -1.89. The molecule has 1 heterocycles. The summed E-state index contributed by atoms with van der Waals surface area (Å²) in [4.78, 5) is 2.20. The van der Waals surface area contributed by atoms with Gasteiger partial charge in [0.1, 0.15) is 17.5 Å². The van der Waals surface area contributed by atoms with Crippen LogP contribution >= 0.6 is 0 Å². The van der Waals surface area contributed by atoms with Crippen LogP contribution in [0.25, 0.3) is 0 Å². The molecule has 0 saturated carbocycles. The van der Waals surface area contributed by atoms with Gasteiger partial charge in [-0.3, -0.25) is 4.90 Å². The summed E-state index contributed by atoms with van der Waals surface area (Å²) in [6.07, 6.45) is 0. The van der Waals surface area contributed by atoms with E-state index in [2.05, 4.69) is 10.2 Å². The molecule has 1 unspecified atom stereocenters. The quantitative estimate of drug-likeness (QED) is 0.865. The molecule has 1 saturated heterocycles. The van der Waals surface area contributed by atoms with Crippen LogP contribution < -0.4 is 5.32 Å². The molecule has 0 spiro atoms. The van der Waals surface area contributed by atoms with Crippen LogP contribution in [0, 0.1) is 17.5 Å². The van der Waals surface area contributed by atoms with Gasteiger partial charge in [-0.1, -0.05) is 18.2 Å². The van der Waals surface area contributed by atoms with Gasteiger partial charge in [-0.2, -0.15) is 0 Å². The van der Waals surface area contributed by atoms with Gasteiger partial charge in [-0.05, 0) is 29.8 Å². The summed E-state index contributed by atoms with van der Waals surface area (Å²) in [5.74, 6) is -1.43. The molecular formula is C19H21F3N2O. The molecule has 1 fully saturated rings. The van der Waals surface area contributed by atoms with Crippen molar-refractivity contribution in [1.29, 1.82) is 0 Å². The third-order valence-corrected chi connectivity index (χ3v) is 4.42. The van der Waals surface area contributed by atoms with Gasteiger partial charge in [0.25, 0.3) is 0 Å². The molecule has 0 aliphatic carbocycles. The van der Waals surface area contributed by atoms with Crippen molar-refractivity contribution in [1.82, 2.24) is 10.2 Å². The highest BCUT2D eigenvalue weighted by Crippen LogP contribution is 2.22. The van der Waals surface area contributed by atoms with E-state index in [1.54, 1.807) is 6.07 Å². The average molecular weight is 350 g/mol. The maximum absolute atomic E-state index is 13.7. The Kier molecular flexibility index (Phi) is 6.07. The Morgan fingerprint density at radius 3 is 2.36 bits per heavy atom. The predicted octanol–water partition coefficient (Wildman–Crippen LogP) is 3.27. The first kappa shape index (κ1) is 17.9. The summed E-state index contributed by atoms with van der Waals surface area (Å²) < 4.78 is 46.5. The van der Waals surface area contributed by atoms with Gasteiger partial charge in [-0.15, -0.1) is 0 Å². The lowest BCUT2D eigenvalue weighted by atomic mass is 10.0. The smallest absolute Gasteiger partial charge is 0.130 e. The Labute approximate surface area is 145 Å². The van der Waals surface area contributed by atoms with E-state index in [9.17, 15) is 13.2 Å². The van der Waals surface area contributed by atoms with Gasteiger partial charge in [0.15, 0.2) is 0 Å². The van der Waals surface area contributed by atoms with E-state index in [0.717, 1.165) is 18.7 Å². The topological polar surface area (TPSA) is 24.5 Å². The Balaban J connectivity index is 1.71. The van der Waals surface area contributed by atoms with Crippen LogP contribution in [-0.2, 0) is 11.3 Å². The van der Waals surface area contributed by atoms with Gasteiger partial charge >= 0.3 is 0 Å². The van der Waals surface area contributed by atoms with Crippen molar-refractivity contribution < 1.29 is 17.9 Å². The summed E-state index contributed by atoms with van der Waals surface area (Å²) in [7, 11) is 0. The second-order valence-electron chi connectivity index (χ2n) is 6.05. The molecule has 2 aromatic carbocycles. The van der Waals surface area contributed by atoms with Gasteiger partial charge in [0, 0.05) is 37.8 Å². The highest BCUT2D eigenvalue weighted by molar-refractivity contribution is 5.22. The summed E-state index contributed by atoms with van der Waals surface area (Å²) in [5.41, 5.74) is 0.853. The van der Waals surface area contributed by atoms with Crippen LogP contribution in [-0.4, -0.2) is 37.7 Å². The maximum atomic E-state index is 13.7. The van der Waals surface area contributed by atoms with Gasteiger partial charge in [0.05, 0.1) is 13.2 Å². The molecule has 6 heteroatoms. The first-order valence-electron chi connectivity index (χ1n) is 8.36. The normalized spacial score (nSPS) is 16.8. The van der Waals surface area contributed by atoms with Gasteiger partial charge in [0.2, 0.25) is 0 Å². The largest absolute Gasteiger partial charge is 0.379 e. The minimum atomic E-state index is -0.568. The van der Waals surface area contributed by atoms with Crippen molar-refractivity contribution in [3.63, 3.8) is 0 Å². The molecule has 1 atom stereocenters. The lowest BCUT2D eigenvalue weighted by Gasteiger charge is -2.35. The molecule has 1 N–H and O–H groups in total. The summed E-state index contributed by atoms with van der Waals surface area (Å²) in [6.45, 7) is 3.24. The first-order valence-corrected chi connectivity index (χ1v) is 8.36. The van der Waals surface area contributed by atoms with Crippen molar-refractivity contribution in [3.05, 3.63) is 71.0 Å². The lowest BCUT2D eigenvalue weighted by molar-refractivity contribution is 0.0160. The van der Waals surface area contributed by atoms with E-state index in [0.29, 0.717) is 19.8 Å². The second kappa shape index (κ2) is 8.47. The molecule has 3 nitrogen and oxygen atoms in total. The minimum Gasteiger partial charge on any atom is -0.379 e. The molecular weight excluding hydrogens is 329 g/mol. The van der Waals surface area contributed by atoms with Crippen LogP contribution in [0.4, 0.5) is 13.2 Å². The van der Waals surface area contributed by atoms with E-state index >= 15 is 0 Å². The van der Waals surface area contributed by atoms with Crippen LogP contribution in [0.1, 0.15) is 17.2 Å². The molecule has 0 radical (unpaired) electrons. The van der Waals surface area contributed by atoms with Crippen molar-refractivity contribution in [2.45, 2.75) is 12.6 Å². The van der Waals surface area contributed by atoms with Crippen LogP contribution in [0.15, 0.2) is 42.5 Å². The van der Waals surface area contributed by atoms with E-state index < -0.39 is 11.6 Å². The Bertz CT molecular complexity index is 685. The number of nitrogens with zero attached hydrogens (tertiary/aromatic N) is 1. The predicted molar refractivity (Wildman–Crippen MR) is 89.6 cm³/mol. The average Bonchev–Trinajstić information content (AvgIpc) is 2.61. The summed E-state index contributed by atoms with van der Waals surface area (Å²) in [5, 5.41) is 3.11. The Morgan fingerprint density at radius 2 is 1.68 bits per heavy atom. The van der Waals surface area contributed by atoms with Crippen LogP contribution in [0.5, 0.6) is 0 Å². The molecule has 0 bridgehead atoms. The number of hydrogen-bond acceptors (Lipinski definition) is 3. The highest BCUT2D eigenvalue weighted by atomic mass is 19.1. The number of rotatable bonds is 6. The molecule has 134 valence electrons. The maximum Gasteiger partial charge on any atom is 0.130 e. The molecule has 1 aliphatic rings. The van der Waals surface area contributed by atoms with E-state index in [-0.39, 0.29) is 24.0 Å². The number of benzene rings is 2. The van der Waals surface area contributed by atoms with Crippen molar-refractivity contribution in [3.8, 4) is 0 Å². The number of halogens is 3. The number of hydrogen-bond donors (Lipinski definition) is 1. The third kappa shape index (κ3) is 4.60. The van der Waals surface area contributed by atoms with E-state index in [4.69, 9.17) is 4.74 Å². The van der Waals surface area contributed by atoms with E-state index in [1.165, 1.54) is 30.3 Å². The third-order valence-electron chi connectivity index (χ3n) is 4.42. The number of ether oxygens (including phenoxy) is 1. The monoisotopic (exact) mass is 350 g/mol. The number of morpholine rings is 1. The zero-order valence-electron chi connectivity index (χ0n) is 13.9. The second-order valence-corrected chi connectivity index (χ2v) is 6.05.